The minimum atomic E-state index is -0.573. The molecule has 5 nitrogen and oxygen atoms in total. The molecule has 1 aliphatic carbocycles. The van der Waals surface area contributed by atoms with E-state index in [2.05, 4.69) is 45.4 Å². The van der Waals surface area contributed by atoms with E-state index in [1.807, 2.05) is 6.92 Å². The van der Waals surface area contributed by atoms with Gasteiger partial charge in [0.1, 0.15) is 11.6 Å². The summed E-state index contributed by atoms with van der Waals surface area (Å²) in [5.41, 5.74) is 3.07. The molecule has 4 rings (SSSR count). The number of aromatic nitrogens is 1. The number of nitrogens with one attached hydrogen (secondary N) is 2. The zero-order valence-corrected chi connectivity index (χ0v) is 19.1. The van der Waals surface area contributed by atoms with Crippen molar-refractivity contribution in [3.05, 3.63) is 81.0 Å². The second kappa shape index (κ2) is 8.04. The number of carbonyl (C=O) groups excluding carboxylic acids is 2. The Hall–Kier alpha value is -2.80. The number of nitrogens with zero attached hydrogens (tertiary/aromatic N) is 1. The van der Waals surface area contributed by atoms with Gasteiger partial charge in [0.05, 0.1) is 0 Å². The molecule has 0 bridgehead atoms. The van der Waals surface area contributed by atoms with Crippen molar-refractivity contribution < 1.29 is 14.0 Å². The summed E-state index contributed by atoms with van der Waals surface area (Å²) in [4.78, 5) is 30.8. The molecule has 0 spiro atoms. The first-order valence-corrected chi connectivity index (χ1v) is 10.9. The van der Waals surface area contributed by atoms with Crippen molar-refractivity contribution in [3.8, 4) is 0 Å². The molecular formula is C24H23BrFN3O2. The lowest BCUT2D eigenvalue weighted by atomic mass is 9.68. The Morgan fingerprint density at radius 1 is 1.19 bits per heavy atom. The zero-order chi connectivity index (χ0) is 22.3. The van der Waals surface area contributed by atoms with Gasteiger partial charge in [0, 0.05) is 45.5 Å². The quantitative estimate of drug-likeness (QED) is 0.627. The first kappa shape index (κ1) is 21.4. The molecule has 1 aromatic heterocycles. The van der Waals surface area contributed by atoms with E-state index in [1.54, 1.807) is 30.5 Å². The fourth-order valence-corrected chi connectivity index (χ4v) is 4.59. The van der Waals surface area contributed by atoms with Crippen LogP contribution < -0.4 is 10.6 Å². The van der Waals surface area contributed by atoms with Crippen molar-refractivity contribution in [1.82, 2.24) is 10.3 Å². The first-order valence-electron chi connectivity index (χ1n) is 10.1. The van der Waals surface area contributed by atoms with Crippen LogP contribution in [0.3, 0.4) is 0 Å². The topological polar surface area (TPSA) is 71.1 Å². The lowest BCUT2D eigenvalue weighted by Crippen LogP contribution is -2.39. The van der Waals surface area contributed by atoms with Crippen LogP contribution >= 0.6 is 15.9 Å². The zero-order valence-electron chi connectivity index (χ0n) is 17.6. The molecule has 1 aromatic carbocycles. The molecule has 0 fully saturated rings. The van der Waals surface area contributed by atoms with Gasteiger partial charge >= 0.3 is 0 Å². The highest BCUT2D eigenvalue weighted by atomic mass is 79.9. The summed E-state index contributed by atoms with van der Waals surface area (Å²) >= 11 is 3.33. The van der Waals surface area contributed by atoms with Gasteiger partial charge in [-0.05, 0) is 64.5 Å². The normalized spacial score (nSPS) is 20.3. The Bertz CT molecular complexity index is 1120. The van der Waals surface area contributed by atoms with Crippen LogP contribution in [0.5, 0.6) is 0 Å². The molecule has 1 aliphatic heterocycles. The molecule has 2 aromatic rings. The second-order valence-corrected chi connectivity index (χ2v) is 9.71. The number of hydrogen-bond donors (Lipinski definition) is 2. The van der Waals surface area contributed by atoms with Crippen molar-refractivity contribution in [2.45, 2.75) is 39.5 Å². The summed E-state index contributed by atoms with van der Waals surface area (Å²) in [5, 5.41) is 6.15. The lowest BCUT2D eigenvalue weighted by molar-refractivity contribution is -0.118. The van der Waals surface area contributed by atoms with Gasteiger partial charge in [-0.2, -0.15) is 0 Å². The average molecular weight is 484 g/mol. The largest absolute Gasteiger partial charge is 0.362 e. The van der Waals surface area contributed by atoms with E-state index in [0.717, 1.165) is 10.2 Å². The number of benzene rings is 1. The molecule has 0 unspecified atom stereocenters. The number of Topliss-reactive ketones (excluding diaryl/α,β-unsaturated/α-hetero) is 1. The third kappa shape index (κ3) is 4.32. The summed E-state index contributed by atoms with van der Waals surface area (Å²) in [7, 11) is 0. The maximum atomic E-state index is 13.6. The van der Waals surface area contributed by atoms with Crippen molar-refractivity contribution in [2.75, 3.05) is 5.32 Å². The van der Waals surface area contributed by atoms with Crippen molar-refractivity contribution in [1.29, 1.82) is 0 Å². The Morgan fingerprint density at radius 3 is 2.55 bits per heavy atom. The van der Waals surface area contributed by atoms with Crippen LogP contribution in [0.4, 0.5) is 10.2 Å². The standard InChI is InChI=1S/C24H23BrFN3O2/c1-13-20(23(31)29-19-9-6-15(25)12-27-19)21(14-4-7-16(26)8-5-14)22-17(28-13)10-24(2,3)11-18(22)30/h4-9,12,21,28H,10-11H2,1-3H3,(H,27,29,31)/t21-/m1/s1. The minimum Gasteiger partial charge on any atom is -0.362 e. The number of rotatable bonds is 3. The van der Waals surface area contributed by atoms with Crippen LogP contribution in [0.2, 0.25) is 0 Å². The number of carbonyl (C=O) groups is 2. The molecule has 31 heavy (non-hydrogen) atoms. The SMILES string of the molecule is CC1=C(C(=O)Nc2ccc(Br)cn2)[C@@H](c2ccc(F)cc2)C2=C(CC(C)(C)CC2=O)N1. The van der Waals surface area contributed by atoms with Crippen molar-refractivity contribution >= 4 is 33.4 Å². The van der Waals surface area contributed by atoms with E-state index >= 15 is 0 Å². The van der Waals surface area contributed by atoms with Gasteiger partial charge in [-0.15, -0.1) is 0 Å². The molecule has 0 radical (unpaired) electrons. The van der Waals surface area contributed by atoms with Gasteiger partial charge in [-0.1, -0.05) is 26.0 Å². The number of ketones is 1. The van der Waals surface area contributed by atoms with Crippen LogP contribution in [0, 0.1) is 11.2 Å². The molecule has 7 heteroatoms. The summed E-state index contributed by atoms with van der Waals surface area (Å²) in [6.07, 6.45) is 2.69. The monoisotopic (exact) mass is 483 g/mol. The Kier molecular flexibility index (Phi) is 5.56. The Balaban J connectivity index is 1.79. The third-order valence-corrected chi connectivity index (χ3v) is 6.13. The minimum absolute atomic E-state index is 0.00708. The highest BCUT2D eigenvalue weighted by molar-refractivity contribution is 9.10. The molecule has 2 aliphatic rings. The van der Waals surface area contributed by atoms with Crippen LogP contribution in [-0.4, -0.2) is 16.7 Å². The molecule has 160 valence electrons. The smallest absolute Gasteiger partial charge is 0.255 e. The van der Waals surface area contributed by atoms with E-state index in [-0.39, 0.29) is 22.9 Å². The van der Waals surface area contributed by atoms with Gasteiger partial charge in [0.2, 0.25) is 0 Å². The Labute approximate surface area is 189 Å². The van der Waals surface area contributed by atoms with E-state index in [1.165, 1.54) is 12.1 Å². The summed E-state index contributed by atoms with van der Waals surface area (Å²) in [6, 6.07) is 9.47. The van der Waals surface area contributed by atoms with E-state index < -0.39 is 5.92 Å². The van der Waals surface area contributed by atoms with Crippen LogP contribution in [0.25, 0.3) is 0 Å². The van der Waals surface area contributed by atoms with Crippen molar-refractivity contribution in [3.63, 3.8) is 0 Å². The predicted molar refractivity (Wildman–Crippen MR) is 121 cm³/mol. The maximum Gasteiger partial charge on any atom is 0.255 e. The molecule has 1 amide bonds. The average Bonchev–Trinajstić information content (AvgIpc) is 2.68. The first-order chi connectivity index (χ1) is 14.6. The van der Waals surface area contributed by atoms with Gasteiger partial charge in [-0.25, -0.2) is 9.37 Å². The third-order valence-electron chi connectivity index (χ3n) is 5.66. The fraction of sp³-hybridized carbons (Fsp3) is 0.292. The van der Waals surface area contributed by atoms with E-state index in [4.69, 9.17) is 0 Å². The second-order valence-electron chi connectivity index (χ2n) is 8.80. The summed E-state index contributed by atoms with van der Waals surface area (Å²) in [5.74, 6) is -0.877. The summed E-state index contributed by atoms with van der Waals surface area (Å²) < 4.78 is 14.4. The molecule has 2 heterocycles. The van der Waals surface area contributed by atoms with Crippen LogP contribution in [0.1, 0.15) is 45.1 Å². The number of amides is 1. The van der Waals surface area contributed by atoms with Gasteiger partial charge in [0.15, 0.2) is 5.78 Å². The summed E-state index contributed by atoms with van der Waals surface area (Å²) in [6.45, 7) is 5.95. The van der Waals surface area contributed by atoms with Gasteiger partial charge in [-0.3, -0.25) is 9.59 Å². The van der Waals surface area contributed by atoms with Gasteiger partial charge in [0.25, 0.3) is 5.91 Å². The molecular weight excluding hydrogens is 461 g/mol. The number of allylic oxidation sites excluding steroid dienone is 3. The molecule has 0 saturated heterocycles. The molecule has 2 N–H and O–H groups in total. The van der Waals surface area contributed by atoms with Crippen LogP contribution in [0.15, 0.2) is 69.6 Å². The number of dihydropyridines is 1. The number of anilines is 1. The van der Waals surface area contributed by atoms with Crippen molar-refractivity contribution in [2.24, 2.45) is 5.41 Å². The molecule has 1 atom stereocenters. The van der Waals surface area contributed by atoms with E-state index in [9.17, 15) is 14.0 Å². The number of hydrogen-bond acceptors (Lipinski definition) is 4. The van der Waals surface area contributed by atoms with E-state index in [0.29, 0.717) is 41.1 Å². The number of pyridine rings is 1. The lowest BCUT2D eigenvalue weighted by Gasteiger charge is -2.39. The maximum absolute atomic E-state index is 13.6. The Morgan fingerprint density at radius 2 is 1.90 bits per heavy atom. The fourth-order valence-electron chi connectivity index (χ4n) is 4.36. The highest BCUT2D eigenvalue weighted by Gasteiger charge is 2.42. The van der Waals surface area contributed by atoms with Crippen LogP contribution in [-0.2, 0) is 9.59 Å². The predicted octanol–water partition coefficient (Wildman–Crippen LogP) is 5.23. The van der Waals surface area contributed by atoms with Gasteiger partial charge < -0.3 is 10.6 Å². The highest BCUT2D eigenvalue weighted by Crippen LogP contribution is 2.46. The number of halogens is 2. The molecule has 0 saturated carbocycles.